The van der Waals surface area contributed by atoms with E-state index in [4.69, 9.17) is 9.47 Å². The summed E-state index contributed by atoms with van der Waals surface area (Å²) in [4.78, 5) is 11.7. The highest BCUT2D eigenvalue weighted by molar-refractivity contribution is 5.89. The summed E-state index contributed by atoms with van der Waals surface area (Å²) in [6.45, 7) is 1.74. The van der Waals surface area contributed by atoms with Gasteiger partial charge in [-0.1, -0.05) is 0 Å². The minimum absolute atomic E-state index is 0.0799. The summed E-state index contributed by atoms with van der Waals surface area (Å²) in [6, 6.07) is 3.50. The van der Waals surface area contributed by atoms with Gasteiger partial charge in [-0.2, -0.15) is 0 Å². The van der Waals surface area contributed by atoms with Gasteiger partial charge >= 0.3 is 12.3 Å². The summed E-state index contributed by atoms with van der Waals surface area (Å²) in [6.07, 6.45) is -3.88. The first-order chi connectivity index (χ1) is 10.5. The Morgan fingerprint density at radius 3 is 2.86 bits per heavy atom. The number of rotatable bonds is 3. The van der Waals surface area contributed by atoms with Crippen LogP contribution in [0.15, 0.2) is 18.2 Å². The van der Waals surface area contributed by atoms with Gasteiger partial charge in [0.05, 0.1) is 25.9 Å². The highest BCUT2D eigenvalue weighted by atomic mass is 19.3. The number of ether oxygens (including phenoxy) is 4. The van der Waals surface area contributed by atoms with Gasteiger partial charge in [0, 0.05) is 18.3 Å². The Morgan fingerprint density at radius 2 is 2.09 bits per heavy atom. The van der Waals surface area contributed by atoms with Crippen molar-refractivity contribution in [3.05, 3.63) is 18.2 Å². The Hall–Kier alpha value is -2.13. The molecule has 1 saturated heterocycles. The molecule has 2 N–H and O–H groups in total. The number of carbonyl (C=O) groups is 1. The van der Waals surface area contributed by atoms with E-state index in [-0.39, 0.29) is 24.1 Å². The predicted octanol–water partition coefficient (Wildman–Crippen LogP) is 1.54. The number of amides is 2. The zero-order chi connectivity index (χ0) is 15.6. The third-order valence-electron chi connectivity index (χ3n) is 3.03. The zero-order valence-electron chi connectivity index (χ0n) is 11.4. The van der Waals surface area contributed by atoms with Crippen LogP contribution in [0, 0.1) is 0 Å². The lowest BCUT2D eigenvalue weighted by molar-refractivity contribution is -0.286. The summed E-state index contributed by atoms with van der Waals surface area (Å²) in [5.74, 6) is -0.212. The second kappa shape index (κ2) is 5.93. The van der Waals surface area contributed by atoms with Crippen LogP contribution in [0.5, 0.6) is 11.5 Å². The highest BCUT2D eigenvalue weighted by Crippen LogP contribution is 2.42. The average Bonchev–Trinajstić information content (AvgIpc) is 2.79. The van der Waals surface area contributed by atoms with E-state index < -0.39 is 12.3 Å². The minimum Gasteiger partial charge on any atom is -0.395 e. The van der Waals surface area contributed by atoms with Crippen molar-refractivity contribution in [2.75, 3.05) is 31.7 Å². The molecular weight excluding hydrogens is 302 g/mol. The molecule has 7 nitrogen and oxygen atoms in total. The Morgan fingerprint density at radius 1 is 1.27 bits per heavy atom. The summed E-state index contributed by atoms with van der Waals surface area (Å²) < 4.78 is 44.9. The normalized spacial score (nSPS) is 22.2. The highest BCUT2D eigenvalue weighted by Gasteiger charge is 2.43. The molecule has 22 heavy (non-hydrogen) atoms. The maximum atomic E-state index is 12.9. The molecule has 0 aromatic heterocycles. The third-order valence-corrected chi connectivity index (χ3v) is 3.03. The first-order valence-corrected chi connectivity index (χ1v) is 6.66. The van der Waals surface area contributed by atoms with Gasteiger partial charge in [0.15, 0.2) is 11.5 Å². The second-order valence-corrected chi connectivity index (χ2v) is 4.73. The third kappa shape index (κ3) is 3.55. The van der Waals surface area contributed by atoms with Gasteiger partial charge in [-0.15, -0.1) is 8.78 Å². The van der Waals surface area contributed by atoms with Crippen LogP contribution < -0.4 is 20.1 Å². The largest absolute Gasteiger partial charge is 0.586 e. The fourth-order valence-electron chi connectivity index (χ4n) is 2.06. The number of halogens is 2. The second-order valence-electron chi connectivity index (χ2n) is 4.73. The van der Waals surface area contributed by atoms with Crippen LogP contribution in [-0.2, 0) is 9.47 Å². The topological polar surface area (TPSA) is 78.1 Å². The van der Waals surface area contributed by atoms with Gasteiger partial charge in [0.25, 0.3) is 0 Å². The van der Waals surface area contributed by atoms with Crippen LogP contribution >= 0.6 is 0 Å². The van der Waals surface area contributed by atoms with Crippen molar-refractivity contribution in [3.63, 3.8) is 0 Å². The van der Waals surface area contributed by atoms with Gasteiger partial charge in [0.1, 0.15) is 0 Å². The number of hydrogen-bond donors (Lipinski definition) is 2. The predicted molar refractivity (Wildman–Crippen MR) is 70.2 cm³/mol. The molecule has 2 amide bonds. The molecule has 1 aromatic rings. The number of carbonyl (C=O) groups excluding carboxylic acids is 1. The molecule has 0 unspecified atom stereocenters. The molecule has 1 atom stereocenters. The lowest BCUT2D eigenvalue weighted by atomic mass is 10.3. The number of anilines is 1. The number of urea groups is 1. The fourth-order valence-corrected chi connectivity index (χ4v) is 2.06. The molecule has 2 aliphatic heterocycles. The lowest BCUT2D eigenvalue weighted by Gasteiger charge is -2.23. The van der Waals surface area contributed by atoms with Gasteiger partial charge in [-0.05, 0) is 12.1 Å². The van der Waals surface area contributed by atoms with Crippen molar-refractivity contribution in [3.8, 4) is 11.5 Å². The molecule has 2 heterocycles. The van der Waals surface area contributed by atoms with Gasteiger partial charge in [0.2, 0.25) is 0 Å². The van der Waals surface area contributed by atoms with Crippen molar-refractivity contribution >= 4 is 11.7 Å². The fraction of sp³-hybridized carbons (Fsp3) is 0.462. The molecule has 120 valence electrons. The molecule has 1 fully saturated rings. The van der Waals surface area contributed by atoms with E-state index in [1.54, 1.807) is 0 Å². The minimum atomic E-state index is -3.68. The van der Waals surface area contributed by atoms with Crippen LogP contribution in [0.4, 0.5) is 19.3 Å². The molecule has 0 aliphatic carbocycles. The molecule has 3 rings (SSSR count). The van der Waals surface area contributed by atoms with Crippen molar-refractivity contribution in [2.24, 2.45) is 0 Å². The summed E-state index contributed by atoms with van der Waals surface area (Å²) in [7, 11) is 0. The van der Waals surface area contributed by atoms with E-state index in [1.807, 2.05) is 0 Å². The quantitative estimate of drug-likeness (QED) is 0.884. The lowest BCUT2D eigenvalue weighted by Crippen LogP contribution is -2.41. The molecule has 1 aromatic carbocycles. The molecule has 0 spiro atoms. The smallest absolute Gasteiger partial charge is 0.395 e. The van der Waals surface area contributed by atoms with Gasteiger partial charge < -0.3 is 29.6 Å². The van der Waals surface area contributed by atoms with Crippen molar-refractivity contribution in [1.82, 2.24) is 5.32 Å². The van der Waals surface area contributed by atoms with Crippen molar-refractivity contribution < 1.29 is 32.5 Å². The molecule has 0 radical (unpaired) electrons. The maximum absolute atomic E-state index is 12.9. The Bertz CT molecular complexity index is 563. The van der Waals surface area contributed by atoms with E-state index in [2.05, 4.69) is 20.1 Å². The number of alkyl halides is 2. The number of hydrogen-bond acceptors (Lipinski definition) is 5. The van der Waals surface area contributed by atoms with E-state index in [1.165, 1.54) is 18.2 Å². The van der Waals surface area contributed by atoms with Crippen molar-refractivity contribution in [2.45, 2.75) is 12.4 Å². The van der Waals surface area contributed by atoms with Crippen LogP contribution in [-0.4, -0.2) is 44.8 Å². The average molecular weight is 316 g/mol. The Balaban J connectivity index is 1.52. The first kappa shape index (κ1) is 14.8. The Labute approximate surface area is 124 Å². The summed E-state index contributed by atoms with van der Waals surface area (Å²) in [5.41, 5.74) is 0.304. The maximum Gasteiger partial charge on any atom is 0.586 e. The number of benzene rings is 1. The van der Waals surface area contributed by atoms with Crippen LogP contribution in [0.25, 0.3) is 0 Å². The SMILES string of the molecule is O=C(NC[C@H]1COCCO1)Nc1ccc2c(c1)OC(F)(F)O2. The standard InChI is InChI=1S/C13H14F2N2O5/c14-13(15)21-10-2-1-8(5-11(10)22-13)17-12(18)16-6-9-7-19-3-4-20-9/h1-2,5,9H,3-4,6-7H2,(H2,16,17,18)/t9-/m0/s1. The zero-order valence-corrected chi connectivity index (χ0v) is 11.4. The van der Waals surface area contributed by atoms with Crippen LogP contribution in [0.3, 0.4) is 0 Å². The molecule has 2 aliphatic rings. The van der Waals surface area contributed by atoms with E-state index in [0.717, 1.165) is 0 Å². The molecule has 9 heteroatoms. The van der Waals surface area contributed by atoms with Gasteiger partial charge in [-0.25, -0.2) is 4.79 Å². The van der Waals surface area contributed by atoms with Crippen LogP contribution in [0.1, 0.15) is 0 Å². The van der Waals surface area contributed by atoms with Gasteiger partial charge in [-0.3, -0.25) is 0 Å². The van der Waals surface area contributed by atoms with E-state index >= 15 is 0 Å². The number of fused-ring (bicyclic) bond motifs is 1. The van der Waals surface area contributed by atoms with E-state index in [0.29, 0.717) is 25.5 Å². The summed E-state index contributed by atoms with van der Waals surface area (Å²) >= 11 is 0. The van der Waals surface area contributed by atoms with Crippen molar-refractivity contribution in [1.29, 1.82) is 0 Å². The molecule has 0 saturated carbocycles. The molecular formula is C13H14F2N2O5. The molecule has 0 bridgehead atoms. The summed E-state index contributed by atoms with van der Waals surface area (Å²) in [5, 5.41) is 5.12. The monoisotopic (exact) mass is 316 g/mol. The number of nitrogens with one attached hydrogen (secondary N) is 2. The Kier molecular flexibility index (Phi) is 3.99. The first-order valence-electron chi connectivity index (χ1n) is 6.66. The van der Waals surface area contributed by atoms with E-state index in [9.17, 15) is 13.6 Å². The van der Waals surface area contributed by atoms with Crippen LogP contribution in [0.2, 0.25) is 0 Å².